The van der Waals surface area contributed by atoms with Crippen LogP contribution in [0.25, 0.3) is 0 Å². The summed E-state index contributed by atoms with van der Waals surface area (Å²) in [5.41, 5.74) is 1.18. The predicted octanol–water partition coefficient (Wildman–Crippen LogP) is 3.45. The molecule has 3 N–H and O–H groups in total. The Hall–Kier alpha value is -2.33. The van der Waals surface area contributed by atoms with Crippen LogP contribution >= 0.6 is 0 Å². The minimum atomic E-state index is -4.55. The molecular formula is C18H22BF3N4O2. The first kappa shape index (κ1) is 20.4. The molecule has 6 nitrogen and oxygen atoms in total. The number of fused-ring (bicyclic) bond motifs is 1. The molecule has 0 saturated heterocycles. The summed E-state index contributed by atoms with van der Waals surface area (Å²) in [5, 5.41) is 15.5. The van der Waals surface area contributed by atoms with Crippen LogP contribution in [-0.2, 0) is 17.4 Å². The Morgan fingerprint density at radius 1 is 1.32 bits per heavy atom. The molecule has 150 valence electrons. The summed E-state index contributed by atoms with van der Waals surface area (Å²) in [7, 11) is -0.952. The molecule has 1 aliphatic heterocycles. The van der Waals surface area contributed by atoms with E-state index >= 15 is 0 Å². The molecule has 0 radical (unpaired) electrons. The normalized spacial score (nSPS) is 14.7. The lowest BCUT2D eigenvalue weighted by Crippen LogP contribution is -2.27. The van der Waals surface area contributed by atoms with E-state index in [4.69, 9.17) is 4.65 Å². The molecule has 1 aromatic carbocycles. The van der Waals surface area contributed by atoms with Gasteiger partial charge in [-0.3, -0.25) is 0 Å². The van der Waals surface area contributed by atoms with Crippen LogP contribution in [0, 0.1) is 0 Å². The van der Waals surface area contributed by atoms with Crippen molar-refractivity contribution in [3.63, 3.8) is 0 Å². The third kappa shape index (κ3) is 4.56. The van der Waals surface area contributed by atoms with Crippen LogP contribution in [0.3, 0.4) is 0 Å². The van der Waals surface area contributed by atoms with Gasteiger partial charge in [-0.15, -0.1) is 0 Å². The highest BCUT2D eigenvalue weighted by atomic mass is 19.4. The lowest BCUT2D eigenvalue weighted by Gasteiger charge is -2.20. The number of nitrogens with zero attached hydrogens (tertiary/aromatic N) is 2. The number of aromatic nitrogens is 2. The lowest BCUT2D eigenvalue weighted by atomic mass is 9.79. The van der Waals surface area contributed by atoms with E-state index < -0.39 is 18.9 Å². The fraction of sp³-hybridized carbons (Fsp3) is 0.444. The molecule has 1 unspecified atom stereocenters. The molecule has 28 heavy (non-hydrogen) atoms. The maximum absolute atomic E-state index is 13.4. The molecule has 0 fully saturated rings. The third-order valence-electron chi connectivity index (χ3n) is 4.63. The van der Waals surface area contributed by atoms with Gasteiger partial charge in [-0.1, -0.05) is 26.3 Å². The van der Waals surface area contributed by atoms with Crippen molar-refractivity contribution in [2.24, 2.45) is 0 Å². The van der Waals surface area contributed by atoms with E-state index in [0.717, 1.165) is 24.6 Å². The fourth-order valence-corrected chi connectivity index (χ4v) is 3.12. The largest absolute Gasteiger partial charge is 0.491 e. The van der Waals surface area contributed by atoms with E-state index in [2.05, 4.69) is 20.6 Å². The average Bonchev–Trinajstić information content (AvgIpc) is 3.01. The molecular weight excluding hydrogens is 372 g/mol. The number of benzene rings is 1. The molecule has 0 saturated carbocycles. The van der Waals surface area contributed by atoms with Gasteiger partial charge in [0.25, 0.3) is 0 Å². The van der Waals surface area contributed by atoms with Crippen molar-refractivity contribution in [2.45, 2.75) is 51.9 Å². The zero-order valence-corrected chi connectivity index (χ0v) is 15.7. The number of halogens is 3. The number of nitrogens with one attached hydrogen (secondary N) is 2. The number of hydrogen-bond acceptors (Lipinski definition) is 6. The summed E-state index contributed by atoms with van der Waals surface area (Å²) in [6, 6.07) is 5.04. The van der Waals surface area contributed by atoms with Gasteiger partial charge in [0.15, 0.2) is 0 Å². The maximum Gasteiger partial charge on any atom is 0.491 e. The van der Waals surface area contributed by atoms with Gasteiger partial charge in [0.05, 0.1) is 6.61 Å². The topological polar surface area (TPSA) is 79.3 Å². The maximum atomic E-state index is 13.4. The van der Waals surface area contributed by atoms with Gasteiger partial charge in [-0.25, -0.2) is 4.98 Å². The molecule has 0 amide bonds. The number of rotatable bonds is 7. The molecule has 1 aliphatic rings. The predicted molar refractivity (Wildman–Crippen MR) is 102 cm³/mol. The molecule has 1 aromatic heterocycles. The molecule has 1 atom stereocenters. The molecule has 0 aliphatic carbocycles. The van der Waals surface area contributed by atoms with Crippen LogP contribution in [0.2, 0.25) is 0 Å². The smallest absolute Gasteiger partial charge is 0.423 e. The summed E-state index contributed by atoms with van der Waals surface area (Å²) in [6.07, 6.45) is -1.48. The Morgan fingerprint density at radius 3 is 2.79 bits per heavy atom. The van der Waals surface area contributed by atoms with E-state index in [1.165, 1.54) is 0 Å². The van der Waals surface area contributed by atoms with Gasteiger partial charge < -0.3 is 20.3 Å². The van der Waals surface area contributed by atoms with Crippen molar-refractivity contribution >= 4 is 30.0 Å². The Labute approximate surface area is 161 Å². The van der Waals surface area contributed by atoms with Crippen molar-refractivity contribution in [2.75, 3.05) is 10.6 Å². The molecule has 10 heteroatoms. The summed E-state index contributed by atoms with van der Waals surface area (Å²) in [5.74, 6) is -0.175. The monoisotopic (exact) mass is 394 g/mol. The van der Waals surface area contributed by atoms with Crippen LogP contribution in [0.1, 0.15) is 44.2 Å². The van der Waals surface area contributed by atoms with Crippen molar-refractivity contribution in [3.8, 4) is 0 Å². The first-order chi connectivity index (χ1) is 13.3. The second-order valence-corrected chi connectivity index (χ2v) is 6.69. The van der Waals surface area contributed by atoms with E-state index in [1.54, 1.807) is 18.2 Å². The van der Waals surface area contributed by atoms with Crippen molar-refractivity contribution in [3.05, 3.63) is 35.5 Å². The standard InChI is InChI=1S/C18H22BF3N4O2/c1-3-5-12(4-2)24-16-14(18(20,21)22)9-23-17(26-16)25-13-6-7-15-11(8-13)10-28-19(15)27/h6-9,12,27H,3-5,10H2,1-2H3,(H2,23,24,25,26). The van der Waals surface area contributed by atoms with Gasteiger partial charge in [0.1, 0.15) is 11.4 Å². The summed E-state index contributed by atoms with van der Waals surface area (Å²) >= 11 is 0. The van der Waals surface area contributed by atoms with E-state index in [9.17, 15) is 18.2 Å². The Kier molecular flexibility index (Phi) is 6.09. The van der Waals surface area contributed by atoms with Crippen LogP contribution in [0.5, 0.6) is 0 Å². The quantitative estimate of drug-likeness (QED) is 0.625. The molecule has 2 heterocycles. The molecule has 0 spiro atoms. The Morgan fingerprint density at radius 2 is 2.11 bits per heavy atom. The highest BCUT2D eigenvalue weighted by Crippen LogP contribution is 2.34. The Bertz CT molecular complexity index is 835. The van der Waals surface area contributed by atoms with Gasteiger partial charge in [-0.05, 0) is 36.0 Å². The summed E-state index contributed by atoms with van der Waals surface area (Å²) in [4.78, 5) is 7.90. The lowest BCUT2D eigenvalue weighted by molar-refractivity contribution is -0.137. The van der Waals surface area contributed by atoms with Gasteiger partial charge >= 0.3 is 13.3 Å². The first-order valence-corrected chi connectivity index (χ1v) is 9.22. The zero-order valence-electron chi connectivity index (χ0n) is 15.7. The van der Waals surface area contributed by atoms with E-state index in [0.29, 0.717) is 17.6 Å². The number of anilines is 3. The van der Waals surface area contributed by atoms with Crippen molar-refractivity contribution in [1.82, 2.24) is 9.97 Å². The number of alkyl halides is 3. The highest BCUT2D eigenvalue weighted by molar-refractivity contribution is 6.61. The van der Waals surface area contributed by atoms with Crippen LogP contribution in [0.4, 0.5) is 30.6 Å². The van der Waals surface area contributed by atoms with Crippen LogP contribution in [0.15, 0.2) is 24.4 Å². The van der Waals surface area contributed by atoms with Gasteiger partial charge in [0.2, 0.25) is 5.95 Å². The van der Waals surface area contributed by atoms with Crippen LogP contribution in [-0.4, -0.2) is 28.2 Å². The summed E-state index contributed by atoms with van der Waals surface area (Å²) in [6.45, 7) is 4.17. The average molecular weight is 394 g/mol. The zero-order chi connectivity index (χ0) is 20.3. The minimum absolute atomic E-state index is 0.0567. The minimum Gasteiger partial charge on any atom is -0.423 e. The van der Waals surface area contributed by atoms with Gasteiger partial charge in [0, 0.05) is 17.9 Å². The fourth-order valence-electron chi connectivity index (χ4n) is 3.12. The second-order valence-electron chi connectivity index (χ2n) is 6.69. The van der Waals surface area contributed by atoms with Gasteiger partial charge in [-0.2, -0.15) is 18.2 Å². The highest BCUT2D eigenvalue weighted by Gasteiger charge is 2.35. The SMILES string of the molecule is CCCC(CC)Nc1nc(Nc2ccc3c(c2)COB3O)ncc1C(F)(F)F. The van der Waals surface area contributed by atoms with E-state index in [1.807, 2.05) is 13.8 Å². The van der Waals surface area contributed by atoms with Crippen molar-refractivity contribution < 1.29 is 22.8 Å². The second kappa shape index (κ2) is 8.36. The van der Waals surface area contributed by atoms with E-state index in [-0.39, 0.29) is 24.4 Å². The van der Waals surface area contributed by atoms with Crippen molar-refractivity contribution in [1.29, 1.82) is 0 Å². The number of hydrogen-bond donors (Lipinski definition) is 3. The Balaban J connectivity index is 1.87. The first-order valence-electron chi connectivity index (χ1n) is 9.22. The summed E-state index contributed by atoms with van der Waals surface area (Å²) < 4.78 is 45.2. The molecule has 3 rings (SSSR count). The van der Waals surface area contributed by atoms with Crippen LogP contribution < -0.4 is 16.1 Å². The molecule has 2 aromatic rings. The third-order valence-corrected chi connectivity index (χ3v) is 4.63. The molecule has 0 bridgehead atoms.